The minimum absolute atomic E-state index is 0.207. The minimum Gasteiger partial charge on any atom is -0.370 e. The van der Waals surface area contributed by atoms with Crippen LogP contribution in [-0.4, -0.2) is 39.4 Å². The van der Waals surface area contributed by atoms with Crippen molar-refractivity contribution in [3.8, 4) is 0 Å². The first-order valence-corrected chi connectivity index (χ1v) is 9.81. The molecule has 2 aliphatic rings. The molecule has 0 atom stereocenters. The van der Waals surface area contributed by atoms with E-state index in [0.717, 1.165) is 30.3 Å². The van der Waals surface area contributed by atoms with Crippen LogP contribution in [0.5, 0.6) is 0 Å². The summed E-state index contributed by atoms with van der Waals surface area (Å²) >= 11 is 0. The largest absolute Gasteiger partial charge is 0.370 e. The van der Waals surface area contributed by atoms with Crippen LogP contribution in [0.4, 0.5) is 23.2 Å². The molecule has 3 nitrogen and oxygen atoms in total. The van der Waals surface area contributed by atoms with Crippen molar-refractivity contribution >= 4 is 11.8 Å². The van der Waals surface area contributed by atoms with E-state index in [0.29, 0.717) is 32.7 Å². The Hall–Kier alpha value is -2.38. The Kier molecular flexibility index (Phi) is 5.87. The van der Waals surface area contributed by atoms with Gasteiger partial charge in [0.2, 0.25) is 0 Å². The van der Waals surface area contributed by atoms with E-state index in [9.17, 15) is 17.6 Å². The van der Waals surface area contributed by atoms with Crippen molar-refractivity contribution in [2.75, 3.05) is 44.3 Å². The fourth-order valence-electron chi connectivity index (χ4n) is 3.96. The number of nitrogens with one attached hydrogen (secondary N) is 1. The third-order valence-corrected chi connectivity index (χ3v) is 5.61. The molecule has 0 aromatic heterocycles. The Balaban J connectivity index is 1.59. The van der Waals surface area contributed by atoms with E-state index in [-0.39, 0.29) is 6.54 Å². The standard InChI is InChI=1S/C22H22F4N2O/c23-18-17(6-3-8-27-10-12-29-13-11-27)19(24)21(26)22(20(18)25)28-9-7-15-4-1-2-5-16(15)14-28/h1-6H,7-14H2/p+1/b6-3+. The Labute approximate surface area is 167 Å². The number of hydrogen-bond acceptors (Lipinski definition) is 2. The fraction of sp³-hybridized carbons (Fsp3) is 0.364. The first kappa shape index (κ1) is 19.9. The van der Waals surface area contributed by atoms with Gasteiger partial charge in [-0.3, -0.25) is 0 Å². The summed E-state index contributed by atoms with van der Waals surface area (Å²) in [6.45, 7) is 3.83. The van der Waals surface area contributed by atoms with Gasteiger partial charge < -0.3 is 14.5 Å². The van der Waals surface area contributed by atoms with E-state index in [1.54, 1.807) is 6.08 Å². The average Bonchev–Trinajstić information content (AvgIpc) is 2.75. The van der Waals surface area contributed by atoms with Crippen molar-refractivity contribution in [3.05, 3.63) is 70.3 Å². The summed E-state index contributed by atoms with van der Waals surface area (Å²) in [5, 5.41) is 0. The van der Waals surface area contributed by atoms with Gasteiger partial charge in [0.05, 0.1) is 25.3 Å². The molecular weight excluding hydrogens is 384 g/mol. The zero-order valence-corrected chi connectivity index (χ0v) is 16.0. The normalized spacial score (nSPS) is 17.7. The van der Waals surface area contributed by atoms with Crippen molar-refractivity contribution in [1.29, 1.82) is 0 Å². The summed E-state index contributed by atoms with van der Waals surface area (Å²) in [6.07, 6.45) is 3.24. The minimum atomic E-state index is -1.36. The molecule has 2 aliphatic heterocycles. The van der Waals surface area contributed by atoms with Crippen LogP contribution in [0.25, 0.3) is 6.08 Å². The highest BCUT2D eigenvalue weighted by atomic mass is 19.2. The van der Waals surface area contributed by atoms with Crippen LogP contribution in [0.2, 0.25) is 0 Å². The molecule has 1 fully saturated rings. The molecule has 0 unspecified atom stereocenters. The number of morpholine rings is 1. The second kappa shape index (κ2) is 8.55. The molecule has 29 heavy (non-hydrogen) atoms. The van der Waals surface area contributed by atoms with Crippen LogP contribution in [0.3, 0.4) is 0 Å². The van der Waals surface area contributed by atoms with Crippen molar-refractivity contribution in [1.82, 2.24) is 0 Å². The van der Waals surface area contributed by atoms with Crippen LogP contribution in [0.15, 0.2) is 30.3 Å². The van der Waals surface area contributed by atoms with E-state index in [4.69, 9.17) is 4.74 Å². The molecule has 154 valence electrons. The molecule has 1 N–H and O–H groups in total. The second-order valence-electron chi connectivity index (χ2n) is 7.43. The summed E-state index contributed by atoms with van der Waals surface area (Å²) in [5.41, 5.74) is 0.672. The van der Waals surface area contributed by atoms with Crippen molar-refractivity contribution in [2.24, 2.45) is 0 Å². The molecule has 2 aromatic carbocycles. The lowest BCUT2D eigenvalue weighted by molar-refractivity contribution is -0.902. The summed E-state index contributed by atoms with van der Waals surface area (Å²) < 4.78 is 64.1. The quantitative estimate of drug-likeness (QED) is 0.620. The Morgan fingerprint density at radius 3 is 2.28 bits per heavy atom. The van der Waals surface area contributed by atoms with Gasteiger partial charge in [-0.05, 0) is 29.7 Å². The number of halogens is 4. The molecule has 1 saturated heterocycles. The number of ether oxygens (including phenoxy) is 1. The summed E-state index contributed by atoms with van der Waals surface area (Å²) in [4.78, 5) is 2.56. The van der Waals surface area contributed by atoms with E-state index in [2.05, 4.69) is 0 Å². The average molecular weight is 407 g/mol. The monoisotopic (exact) mass is 407 g/mol. The van der Waals surface area contributed by atoms with Gasteiger partial charge in [-0.2, -0.15) is 0 Å². The molecule has 0 radical (unpaired) electrons. The van der Waals surface area contributed by atoms with Crippen LogP contribution in [0.1, 0.15) is 16.7 Å². The molecule has 0 aliphatic carbocycles. The summed E-state index contributed by atoms with van der Waals surface area (Å²) in [5.74, 6) is -5.40. The number of anilines is 1. The zero-order chi connectivity index (χ0) is 20.4. The second-order valence-corrected chi connectivity index (χ2v) is 7.43. The summed E-state index contributed by atoms with van der Waals surface area (Å²) in [6, 6.07) is 7.54. The number of rotatable bonds is 4. The first-order chi connectivity index (χ1) is 14.1. The molecule has 4 rings (SSSR count). The molecule has 0 saturated carbocycles. The van der Waals surface area contributed by atoms with E-state index in [1.807, 2.05) is 24.3 Å². The van der Waals surface area contributed by atoms with Crippen LogP contribution in [-0.2, 0) is 17.7 Å². The smallest absolute Gasteiger partial charge is 0.185 e. The fourth-order valence-corrected chi connectivity index (χ4v) is 3.96. The highest BCUT2D eigenvalue weighted by molar-refractivity contribution is 5.60. The third kappa shape index (κ3) is 4.02. The molecule has 2 heterocycles. The molecule has 0 spiro atoms. The number of quaternary nitrogens is 1. The molecular formula is C22H23F4N2O+. The number of hydrogen-bond donors (Lipinski definition) is 1. The lowest BCUT2D eigenvalue weighted by Crippen LogP contribution is -3.13. The molecule has 7 heteroatoms. The number of nitrogens with zero attached hydrogens (tertiary/aromatic N) is 1. The van der Waals surface area contributed by atoms with Crippen molar-refractivity contribution in [3.63, 3.8) is 0 Å². The van der Waals surface area contributed by atoms with Gasteiger partial charge >= 0.3 is 0 Å². The third-order valence-electron chi connectivity index (χ3n) is 5.61. The van der Waals surface area contributed by atoms with E-state index >= 15 is 0 Å². The highest BCUT2D eigenvalue weighted by Gasteiger charge is 2.29. The van der Waals surface area contributed by atoms with Crippen molar-refractivity contribution in [2.45, 2.75) is 13.0 Å². The molecule has 0 bridgehead atoms. The maximum Gasteiger partial charge on any atom is 0.185 e. The Morgan fingerprint density at radius 1 is 0.931 bits per heavy atom. The van der Waals surface area contributed by atoms with Crippen LogP contribution in [0, 0.1) is 23.3 Å². The molecule has 2 aromatic rings. The van der Waals surface area contributed by atoms with Gasteiger partial charge in [0.25, 0.3) is 0 Å². The SMILES string of the molecule is Fc1c(F)c(N2CCc3ccccc3C2)c(F)c(F)c1/C=C/C[NH+]1CCOCC1. The van der Waals surface area contributed by atoms with Gasteiger partial charge in [0, 0.05) is 13.1 Å². The lowest BCUT2D eigenvalue weighted by atomic mass is 9.99. The van der Waals surface area contributed by atoms with Gasteiger partial charge in [-0.1, -0.05) is 24.3 Å². The van der Waals surface area contributed by atoms with E-state index < -0.39 is 34.5 Å². The Morgan fingerprint density at radius 2 is 1.59 bits per heavy atom. The predicted octanol–water partition coefficient (Wildman–Crippen LogP) is 2.73. The van der Waals surface area contributed by atoms with Crippen LogP contribution >= 0.6 is 0 Å². The topological polar surface area (TPSA) is 16.9 Å². The number of fused-ring (bicyclic) bond motifs is 1. The lowest BCUT2D eigenvalue weighted by Gasteiger charge is -2.31. The van der Waals surface area contributed by atoms with Gasteiger partial charge in [-0.25, -0.2) is 17.6 Å². The van der Waals surface area contributed by atoms with Gasteiger partial charge in [0.15, 0.2) is 23.3 Å². The zero-order valence-electron chi connectivity index (χ0n) is 16.0. The van der Waals surface area contributed by atoms with E-state index in [1.165, 1.54) is 9.80 Å². The van der Waals surface area contributed by atoms with Gasteiger partial charge in [-0.15, -0.1) is 0 Å². The predicted molar refractivity (Wildman–Crippen MR) is 103 cm³/mol. The highest BCUT2D eigenvalue weighted by Crippen LogP contribution is 2.34. The summed E-state index contributed by atoms with van der Waals surface area (Å²) in [7, 11) is 0. The number of benzene rings is 2. The maximum absolute atomic E-state index is 14.8. The first-order valence-electron chi connectivity index (χ1n) is 9.81. The van der Waals surface area contributed by atoms with Crippen LogP contribution < -0.4 is 9.80 Å². The maximum atomic E-state index is 14.8. The Bertz CT molecular complexity index is 896. The molecule has 0 amide bonds. The van der Waals surface area contributed by atoms with Crippen molar-refractivity contribution < 1.29 is 27.2 Å². The van der Waals surface area contributed by atoms with Gasteiger partial charge in [0.1, 0.15) is 18.8 Å².